The molecule has 5 aliphatic carbocycles. The van der Waals surface area contributed by atoms with Gasteiger partial charge in [0, 0.05) is 5.92 Å². The van der Waals surface area contributed by atoms with Crippen molar-refractivity contribution < 1.29 is 23.8 Å². The van der Waals surface area contributed by atoms with Crippen molar-refractivity contribution >= 4 is 11.8 Å². The van der Waals surface area contributed by atoms with Gasteiger partial charge < -0.3 is 9.84 Å². The summed E-state index contributed by atoms with van der Waals surface area (Å²) >= 11 is 0. The number of ketones is 1. The third-order valence-corrected chi connectivity index (χ3v) is 14.3. The zero-order chi connectivity index (χ0) is 30.5. The molecule has 1 aromatic carbocycles. The Bertz CT molecular complexity index is 1330. The van der Waals surface area contributed by atoms with Crippen molar-refractivity contribution in [3.05, 3.63) is 47.3 Å². The van der Waals surface area contributed by atoms with E-state index >= 15 is 0 Å². The third kappa shape index (κ3) is 4.07. The van der Waals surface area contributed by atoms with E-state index in [1.807, 2.05) is 13.0 Å². The van der Waals surface area contributed by atoms with E-state index in [9.17, 15) is 19.1 Å². The fraction of sp³-hybridized carbons (Fsp3) is 0.730. The molecule has 4 nitrogen and oxygen atoms in total. The van der Waals surface area contributed by atoms with Crippen molar-refractivity contribution in [2.24, 2.45) is 50.2 Å². The number of halogens is 1. The summed E-state index contributed by atoms with van der Waals surface area (Å²) < 4.78 is 19.5. The van der Waals surface area contributed by atoms with Crippen molar-refractivity contribution in [2.75, 3.05) is 0 Å². The van der Waals surface area contributed by atoms with E-state index in [1.165, 1.54) is 17.7 Å². The van der Waals surface area contributed by atoms with E-state index in [4.69, 9.17) is 4.74 Å². The number of carbonyl (C=O) groups excluding carboxylic acids is 2. The van der Waals surface area contributed by atoms with Crippen LogP contribution in [-0.4, -0.2) is 23.0 Å². The van der Waals surface area contributed by atoms with Crippen molar-refractivity contribution in [1.29, 1.82) is 0 Å². The first-order valence-electron chi connectivity index (χ1n) is 16.4. The van der Waals surface area contributed by atoms with Crippen LogP contribution in [0.5, 0.6) is 0 Å². The smallest absolute Gasteiger partial charge is 0.312 e. The molecule has 9 atom stereocenters. The molecule has 5 heteroatoms. The molecule has 4 fully saturated rings. The van der Waals surface area contributed by atoms with E-state index in [1.54, 1.807) is 12.1 Å². The van der Waals surface area contributed by atoms with E-state index in [0.29, 0.717) is 17.9 Å². The Morgan fingerprint density at radius 3 is 2.40 bits per heavy atom. The molecule has 0 bridgehead atoms. The highest BCUT2D eigenvalue weighted by Gasteiger charge is 2.70. The maximum atomic E-state index is 14.5. The third-order valence-electron chi connectivity index (χ3n) is 14.3. The van der Waals surface area contributed by atoms with Gasteiger partial charge in [0.05, 0.1) is 11.5 Å². The SMILES string of the molecule is CC1(C)[C@@H](O)CC[C@]2(C)[C@H]3C(=O)C=C4[C@@H]5C[C@@](C)(C(=O)OCc6cccc(F)c6)CC[C@]5(C)CC[C@@]4(C)[C@]3(C)CC[C@@H]12. The van der Waals surface area contributed by atoms with Crippen LogP contribution >= 0.6 is 0 Å². The second-order valence-corrected chi connectivity index (χ2v) is 16.8. The van der Waals surface area contributed by atoms with Crippen LogP contribution in [0.15, 0.2) is 35.9 Å². The Morgan fingerprint density at radius 2 is 1.69 bits per heavy atom. The average molecular weight is 579 g/mol. The van der Waals surface area contributed by atoms with Gasteiger partial charge in [0.15, 0.2) is 5.78 Å². The quantitative estimate of drug-likeness (QED) is 0.367. The predicted octanol–water partition coefficient (Wildman–Crippen LogP) is 8.21. The molecule has 4 saturated carbocycles. The molecule has 0 amide bonds. The number of ether oxygens (including phenoxy) is 1. The van der Waals surface area contributed by atoms with E-state index in [0.717, 1.165) is 51.4 Å². The summed E-state index contributed by atoms with van der Waals surface area (Å²) in [7, 11) is 0. The molecule has 0 aromatic heterocycles. The summed E-state index contributed by atoms with van der Waals surface area (Å²) in [6.45, 7) is 16.1. The number of fused-ring (bicyclic) bond motifs is 7. The van der Waals surface area contributed by atoms with Gasteiger partial charge in [-0.2, -0.15) is 0 Å². The maximum Gasteiger partial charge on any atom is 0.312 e. The minimum atomic E-state index is -0.648. The van der Waals surface area contributed by atoms with Gasteiger partial charge in [-0.1, -0.05) is 59.2 Å². The highest BCUT2D eigenvalue weighted by molar-refractivity contribution is 5.95. The average Bonchev–Trinajstić information content (AvgIpc) is 2.92. The van der Waals surface area contributed by atoms with Crippen LogP contribution in [0.25, 0.3) is 0 Å². The van der Waals surface area contributed by atoms with Crippen LogP contribution in [0.4, 0.5) is 4.39 Å². The number of hydrogen-bond donors (Lipinski definition) is 1. The molecular weight excluding hydrogens is 527 g/mol. The van der Waals surface area contributed by atoms with Gasteiger partial charge in [0.2, 0.25) is 0 Å². The monoisotopic (exact) mass is 578 g/mol. The molecule has 230 valence electrons. The van der Waals surface area contributed by atoms with Crippen LogP contribution in [0, 0.1) is 56.1 Å². The lowest BCUT2D eigenvalue weighted by molar-refractivity contribution is -0.202. The van der Waals surface area contributed by atoms with Crippen LogP contribution < -0.4 is 0 Å². The molecule has 0 radical (unpaired) electrons. The normalized spacial score (nSPS) is 45.9. The summed E-state index contributed by atoms with van der Waals surface area (Å²) in [6, 6.07) is 6.23. The molecule has 0 spiro atoms. The van der Waals surface area contributed by atoms with E-state index < -0.39 is 5.41 Å². The summed E-state index contributed by atoms with van der Waals surface area (Å²) in [5.74, 6) is 0.127. The minimum absolute atomic E-state index is 0.0508. The first-order chi connectivity index (χ1) is 19.5. The Balaban J connectivity index is 1.33. The number of esters is 1. The first-order valence-corrected chi connectivity index (χ1v) is 16.4. The van der Waals surface area contributed by atoms with Crippen molar-refractivity contribution in [2.45, 2.75) is 119 Å². The van der Waals surface area contributed by atoms with Crippen molar-refractivity contribution in [1.82, 2.24) is 0 Å². The second kappa shape index (κ2) is 9.49. The minimum Gasteiger partial charge on any atom is -0.460 e. The summed E-state index contributed by atoms with van der Waals surface area (Å²) in [5, 5.41) is 11.0. The second-order valence-electron chi connectivity index (χ2n) is 16.8. The topological polar surface area (TPSA) is 63.6 Å². The summed E-state index contributed by atoms with van der Waals surface area (Å²) in [4.78, 5) is 28.1. The summed E-state index contributed by atoms with van der Waals surface area (Å²) in [6.07, 6.45) is 9.93. The van der Waals surface area contributed by atoms with Crippen molar-refractivity contribution in [3.8, 4) is 0 Å². The van der Waals surface area contributed by atoms with Gasteiger partial charge >= 0.3 is 5.97 Å². The lowest BCUT2D eigenvalue weighted by Crippen LogP contribution is -2.66. The van der Waals surface area contributed by atoms with Crippen LogP contribution in [-0.2, 0) is 20.9 Å². The van der Waals surface area contributed by atoms with E-state index in [-0.39, 0.29) is 69.2 Å². The largest absolute Gasteiger partial charge is 0.460 e. The van der Waals surface area contributed by atoms with E-state index in [2.05, 4.69) is 41.5 Å². The number of benzene rings is 1. The standard InChI is InChI=1S/C37H51FO4/c1-32(2)28-11-14-37(7)30(35(28,5)13-12-29(32)40)27(39)20-25-26-21-34(4,16-15-33(26,3)17-18-36(25,37)6)31(41)42-22-23-9-8-10-24(38)19-23/h8-10,19-20,26,28-30,40H,11-18,21-22H2,1-7H3/t26-,28-,29-,30+,33+,34-,35-,36+,37+/m0/s1. The summed E-state index contributed by atoms with van der Waals surface area (Å²) in [5.41, 5.74) is 0.710. The van der Waals surface area contributed by atoms with Gasteiger partial charge in [-0.25, -0.2) is 4.39 Å². The van der Waals surface area contributed by atoms with Crippen LogP contribution in [0.1, 0.15) is 112 Å². The molecule has 1 N–H and O–H groups in total. The number of allylic oxidation sites excluding steroid dienone is 2. The molecule has 0 heterocycles. The highest BCUT2D eigenvalue weighted by Crippen LogP contribution is 2.75. The zero-order valence-electron chi connectivity index (χ0n) is 26.8. The Labute approximate surface area is 251 Å². The van der Waals surface area contributed by atoms with Gasteiger partial charge in [0.25, 0.3) is 0 Å². The van der Waals surface area contributed by atoms with Gasteiger partial charge in [-0.3, -0.25) is 9.59 Å². The number of hydrogen-bond acceptors (Lipinski definition) is 4. The first kappa shape index (κ1) is 30.0. The molecule has 42 heavy (non-hydrogen) atoms. The fourth-order valence-electron chi connectivity index (χ4n) is 11.3. The lowest BCUT2D eigenvalue weighted by atomic mass is 9.33. The molecule has 0 unspecified atom stereocenters. The maximum absolute atomic E-state index is 14.5. The van der Waals surface area contributed by atoms with Gasteiger partial charge in [-0.05, 0) is 127 Å². The number of carbonyl (C=O) groups is 2. The highest BCUT2D eigenvalue weighted by atomic mass is 19.1. The molecule has 1 aromatic rings. The van der Waals surface area contributed by atoms with Gasteiger partial charge in [0.1, 0.15) is 12.4 Å². The Hall–Kier alpha value is -2.01. The molecule has 5 aliphatic rings. The van der Waals surface area contributed by atoms with Crippen molar-refractivity contribution in [3.63, 3.8) is 0 Å². The zero-order valence-corrected chi connectivity index (χ0v) is 26.8. The molecule has 0 aliphatic heterocycles. The predicted molar refractivity (Wildman–Crippen MR) is 162 cm³/mol. The Morgan fingerprint density at radius 1 is 0.976 bits per heavy atom. The number of rotatable bonds is 3. The number of aliphatic hydroxyl groups is 1. The fourth-order valence-corrected chi connectivity index (χ4v) is 11.3. The Kier molecular flexibility index (Phi) is 6.79. The molecular formula is C37H51FO4. The molecule has 6 rings (SSSR count). The number of aliphatic hydroxyl groups excluding tert-OH is 1. The van der Waals surface area contributed by atoms with Gasteiger partial charge in [-0.15, -0.1) is 0 Å². The lowest BCUT2D eigenvalue weighted by Gasteiger charge is -2.70. The van der Waals surface area contributed by atoms with Crippen LogP contribution in [0.3, 0.4) is 0 Å². The molecule has 0 saturated heterocycles. The van der Waals surface area contributed by atoms with Crippen LogP contribution in [0.2, 0.25) is 0 Å².